The third-order valence-electron chi connectivity index (χ3n) is 4.50. The molecule has 4 nitrogen and oxygen atoms in total. The predicted octanol–water partition coefficient (Wildman–Crippen LogP) is 1.95. The highest BCUT2D eigenvalue weighted by atomic mass is 35.5. The van der Waals surface area contributed by atoms with Crippen molar-refractivity contribution in [1.29, 1.82) is 0 Å². The summed E-state index contributed by atoms with van der Waals surface area (Å²) >= 11 is 0. The Kier molecular flexibility index (Phi) is 9.07. The summed E-state index contributed by atoms with van der Waals surface area (Å²) in [4.78, 5) is 14.6. The third-order valence-corrected chi connectivity index (χ3v) is 4.50. The Morgan fingerprint density at radius 3 is 2.50 bits per heavy atom. The van der Waals surface area contributed by atoms with E-state index in [2.05, 4.69) is 10.2 Å². The quantitative estimate of drug-likeness (QED) is 0.830. The number of carbonyl (C=O) groups excluding carboxylic acids is 1. The van der Waals surface area contributed by atoms with E-state index in [0.29, 0.717) is 0 Å². The summed E-state index contributed by atoms with van der Waals surface area (Å²) in [7, 11) is 0. The van der Waals surface area contributed by atoms with Crippen LogP contribution in [0.15, 0.2) is 0 Å². The Hall–Kier alpha value is -0.0300. The van der Waals surface area contributed by atoms with Crippen LogP contribution in [0.5, 0.6) is 0 Å². The first kappa shape index (κ1) is 20.0. The molecule has 0 spiro atoms. The van der Waals surface area contributed by atoms with Gasteiger partial charge in [0.15, 0.2) is 0 Å². The lowest BCUT2D eigenvalue weighted by Crippen LogP contribution is -2.53. The molecule has 2 rings (SSSR count). The van der Waals surface area contributed by atoms with Crippen molar-refractivity contribution in [2.75, 3.05) is 26.2 Å². The van der Waals surface area contributed by atoms with Gasteiger partial charge in [0, 0.05) is 18.6 Å². The standard InChI is InChI=1S/C14H27N3O.2ClH/c1-14(15)7-3-2-6-12(14)13(18)16-8-11-17-9-4-5-10-17;;/h12H,2-11,15H2,1H3,(H,16,18);2*1H. The number of nitrogens with one attached hydrogen (secondary N) is 1. The minimum Gasteiger partial charge on any atom is -0.355 e. The van der Waals surface area contributed by atoms with Crippen LogP contribution in [-0.4, -0.2) is 42.5 Å². The molecule has 1 saturated carbocycles. The molecule has 20 heavy (non-hydrogen) atoms. The van der Waals surface area contributed by atoms with Crippen molar-refractivity contribution < 1.29 is 4.79 Å². The Balaban J connectivity index is 0.00000180. The van der Waals surface area contributed by atoms with Crippen molar-refractivity contribution in [3.8, 4) is 0 Å². The summed E-state index contributed by atoms with van der Waals surface area (Å²) in [5, 5.41) is 3.07. The van der Waals surface area contributed by atoms with E-state index < -0.39 is 0 Å². The molecular weight excluding hydrogens is 297 g/mol. The monoisotopic (exact) mass is 325 g/mol. The smallest absolute Gasteiger partial charge is 0.225 e. The zero-order chi connectivity index (χ0) is 13.0. The molecule has 1 aliphatic carbocycles. The SMILES string of the molecule is CC1(N)CCCCC1C(=O)NCCN1CCCC1.Cl.Cl. The normalized spacial score (nSPS) is 30.2. The second-order valence-corrected chi connectivity index (χ2v) is 6.14. The first-order valence-electron chi connectivity index (χ1n) is 7.38. The van der Waals surface area contributed by atoms with E-state index in [0.717, 1.165) is 38.8 Å². The summed E-state index contributed by atoms with van der Waals surface area (Å²) in [5.74, 6) is 0.170. The van der Waals surface area contributed by atoms with Crippen LogP contribution in [0.4, 0.5) is 0 Å². The van der Waals surface area contributed by atoms with Crippen molar-refractivity contribution in [2.24, 2.45) is 11.7 Å². The van der Waals surface area contributed by atoms with Crippen LogP contribution >= 0.6 is 24.8 Å². The Bertz CT molecular complexity index is 294. The molecule has 6 heteroatoms. The van der Waals surface area contributed by atoms with Gasteiger partial charge in [0.2, 0.25) is 5.91 Å². The molecule has 2 aliphatic rings. The highest BCUT2D eigenvalue weighted by molar-refractivity contribution is 5.85. The Morgan fingerprint density at radius 2 is 1.90 bits per heavy atom. The number of halogens is 2. The Morgan fingerprint density at radius 1 is 1.25 bits per heavy atom. The van der Waals surface area contributed by atoms with E-state index >= 15 is 0 Å². The molecule has 0 aromatic carbocycles. The van der Waals surface area contributed by atoms with E-state index in [1.807, 2.05) is 6.92 Å². The van der Waals surface area contributed by atoms with E-state index in [1.54, 1.807) is 0 Å². The van der Waals surface area contributed by atoms with Crippen LogP contribution in [0.1, 0.15) is 45.4 Å². The maximum Gasteiger partial charge on any atom is 0.225 e. The minimum absolute atomic E-state index is 0. The summed E-state index contributed by atoms with van der Waals surface area (Å²) in [6.07, 6.45) is 6.82. The van der Waals surface area contributed by atoms with Crippen LogP contribution in [0, 0.1) is 5.92 Å². The highest BCUT2D eigenvalue weighted by Gasteiger charge is 2.37. The fourth-order valence-electron chi connectivity index (χ4n) is 3.26. The first-order chi connectivity index (χ1) is 8.59. The highest BCUT2D eigenvalue weighted by Crippen LogP contribution is 2.31. The molecule has 1 saturated heterocycles. The number of hydrogen-bond donors (Lipinski definition) is 2. The first-order valence-corrected chi connectivity index (χ1v) is 7.38. The van der Waals surface area contributed by atoms with Gasteiger partial charge in [0.1, 0.15) is 0 Å². The van der Waals surface area contributed by atoms with Gasteiger partial charge in [-0.15, -0.1) is 24.8 Å². The lowest BCUT2D eigenvalue weighted by molar-refractivity contribution is -0.128. The van der Waals surface area contributed by atoms with Gasteiger partial charge in [0.05, 0.1) is 5.92 Å². The molecule has 0 aromatic rings. The van der Waals surface area contributed by atoms with Gasteiger partial charge in [-0.3, -0.25) is 4.79 Å². The van der Waals surface area contributed by atoms with Crippen molar-refractivity contribution in [3.63, 3.8) is 0 Å². The van der Waals surface area contributed by atoms with Crippen molar-refractivity contribution >= 4 is 30.7 Å². The topological polar surface area (TPSA) is 58.4 Å². The van der Waals surface area contributed by atoms with Crippen LogP contribution in [-0.2, 0) is 4.79 Å². The Labute approximate surface area is 135 Å². The van der Waals surface area contributed by atoms with E-state index in [4.69, 9.17) is 5.73 Å². The molecular formula is C14H29Cl2N3O. The summed E-state index contributed by atoms with van der Waals surface area (Å²) < 4.78 is 0. The third kappa shape index (κ3) is 5.40. The molecule has 2 atom stereocenters. The lowest BCUT2D eigenvalue weighted by atomic mass is 9.74. The zero-order valence-electron chi connectivity index (χ0n) is 12.4. The number of nitrogens with zero attached hydrogens (tertiary/aromatic N) is 1. The molecule has 1 amide bonds. The van der Waals surface area contributed by atoms with Gasteiger partial charge in [-0.05, 0) is 45.7 Å². The second-order valence-electron chi connectivity index (χ2n) is 6.14. The van der Waals surface area contributed by atoms with Gasteiger partial charge in [-0.2, -0.15) is 0 Å². The summed E-state index contributed by atoms with van der Waals surface area (Å²) in [5.41, 5.74) is 5.94. The van der Waals surface area contributed by atoms with Crippen molar-refractivity contribution in [2.45, 2.75) is 51.0 Å². The van der Waals surface area contributed by atoms with Gasteiger partial charge >= 0.3 is 0 Å². The molecule has 2 fully saturated rings. The van der Waals surface area contributed by atoms with Crippen LogP contribution < -0.4 is 11.1 Å². The van der Waals surface area contributed by atoms with Gasteiger partial charge < -0.3 is 16.0 Å². The molecule has 1 aliphatic heterocycles. The van der Waals surface area contributed by atoms with Crippen LogP contribution in [0.3, 0.4) is 0 Å². The van der Waals surface area contributed by atoms with Crippen LogP contribution in [0.2, 0.25) is 0 Å². The van der Waals surface area contributed by atoms with Gasteiger partial charge in [-0.1, -0.05) is 12.8 Å². The second kappa shape index (κ2) is 9.08. The van der Waals surface area contributed by atoms with Crippen molar-refractivity contribution in [1.82, 2.24) is 10.2 Å². The van der Waals surface area contributed by atoms with Crippen molar-refractivity contribution in [3.05, 3.63) is 0 Å². The minimum atomic E-state index is -0.310. The zero-order valence-corrected chi connectivity index (χ0v) is 14.0. The predicted molar refractivity (Wildman–Crippen MR) is 87.7 cm³/mol. The summed E-state index contributed by atoms with van der Waals surface area (Å²) in [6.45, 7) is 6.16. The summed E-state index contributed by atoms with van der Waals surface area (Å²) in [6, 6.07) is 0. The van der Waals surface area contributed by atoms with E-state index in [9.17, 15) is 4.79 Å². The fraction of sp³-hybridized carbons (Fsp3) is 0.929. The lowest BCUT2D eigenvalue weighted by Gasteiger charge is -2.37. The number of likely N-dealkylation sites (tertiary alicyclic amines) is 1. The number of nitrogens with two attached hydrogens (primary N) is 1. The molecule has 1 heterocycles. The number of rotatable bonds is 4. The van der Waals surface area contributed by atoms with Crippen LogP contribution in [0.25, 0.3) is 0 Å². The van der Waals surface area contributed by atoms with Gasteiger partial charge in [0.25, 0.3) is 0 Å². The molecule has 0 bridgehead atoms. The molecule has 3 N–H and O–H groups in total. The average molecular weight is 326 g/mol. The molecule has 2 unspecified atom stereocenters. The maximum absolute atomic E-state index is 12.2. The largest absolute Gasteiger partial charge is 0.355 e. The fourth-order valence-corrected chi connectivity index (χ4v) is 3.26. The van der Waals surface area contributed by atoms with E-state index in [1.165, 1.54) is 25.9 Å². The van der Waals surface area contributed by atoms with Gasteiger partial charge in [-0.25, -0.2) is 0 Å². The number of carbonyl (C=O) groups is 1. The number of amides is 1. The van der Waals surface area contributed by atoms with E-state index in [-0.39, 0.29) is 42.2 Å². The molecule has 0 radical (unpaired) electrons. The maximum atomic E-state index is 12.2. The molecule has 120 valence electrons. The number of hydrogen-bond acceptors (Lipinski definition) is 3. The molecule has 0 aromatic heterocycles. The average Bonchev–Trinajstić information content (AvgIpc) is 2.81.